The third-order valence-electron chi connectivity index (χ3n) is 15.9. The Balaban J connectivity index is 1.28. The van der Waals surface area contributed by atoms with Crippen LogP contribution in [0.15, 0.2) is 210 Å². The topological polar surface area (TPSA) is 171 Å². The fraction of sp³-hybridized carbons (Fsp3) is 0.438. The highest BCUT2D eigenvalue weighted by atomic mass is 32.2. The van der Waals surface area contributed by atoms with Crippen LogP contribution >= 0.6 is 0 Å². The van der Waals surface area contributed by atoms with Crippen LogP contribution in [0.2, 0.25) is 0 Å². The molecule has 0 saturated carbocycles. The minimum Gasteiger partial charge on any atom is -0.228 e. The SMILES string of the molecule is CC1=C(C(C/C(C)=C/C(C/C(C)=C/CS(=O)(=O)C/C=C(\C)CC(/C=C(\C)CC(C2=C(C)CCCC2(C)C)S(=O)(=O)c2ccccc2)S(=O)(=O)c2ccccc2)S(=O)(=O)c2ccccc2)S(=O)(=O)c2ccccc2)C(C)(C)CCC1. The molecule has 0 fully saturated rings. The van der Waals surface area contributed by atoms with Crippen molar-refractivity contribution in [2.24, 2.45) is 10.8 Å². The van der Waals surface area contributed by atoms with E-state index < -0.39 is 92.5 Å². The Morgan fingerprint density at radius 2 is 0.696 bits per heavy atom. The fourth-order valence-electron chi connectivity index (χ4n) is 11.8. The number of allylic oxidation sites excluding steroid dienone is 6. The summed E-state index contributed by atoms with van der Waals surface area (Å²) >= 11 is 0. The summed E-state index contributed by atoms with van der Waals surface area (Å²) in [5.41, 5.74) is 5.10. The molecule has 0 aliphatic heterocycles. The molecule has 0 amide bonds. The molecule has 0 saturated heterocycles. The normalized spacial score (nSPS) is 19.0. The van der Waals surface area contributed by atoms with Crippen LogP contribution in [-0.4, -0.2) is 74.6 Å². The molecule has 15 heteroatoms. The van der Waals surface area contributed by atoms with Gasteiger partial charge in [0.05, 0.1) is 52.1 Å². The minimum absolute atomic E-state index is 0.0607. The van der Waals surface area contributed by atoms with Crippen molar-refractivity contribution in [3.8, 4) is 0 Å². The van der Waals surface area contributed by atoms with Gasteiger partial charge in [0, 0.05) is 0 Å². The van der Waals surface area contributed by atoms with Gasteiger partial charge in [0.15, 0.2) is 49.2 Å². The highest BCUT2D eigenvalue weighted by Gasteiger charge is 2.43. The lowest BCUT2D eigenvalue weighted by atomic mass is 9.70. The maximum absolute atomic E-state index is 14.6. The van der Waals surface area contributed by atoms with E-state index in [-0.39, 0.29) is 45.3 Å². The zero-order valence-electron chi connectivity index (χ0n) is 47.8. The van der Waals surface area contributed by atoms with Gasteiger partial charge in [0.1, 0.15) is 0 Å². The summed E-state index contributed by atoms with van der Waals surface area (Å²) < 4.78 is 144. The highest BCUT2D eigenvalue weighted by molar-refractivity contribution is 7.93. The van der Waals surface area contributed by atoms with Gasteiger partial charge < -0.3 is 0 Å². The van der Waals surface area contributed by atoms with Gasteiger partial charge >= 0.3 is 0 Å². The van der Waals surface area contributed by atoms with E-state index in [1.165, 1.54) is 36.4 Å². The molecule has 0 radical (unpaired) electrons. The second-order valence-corrected chi connectivity index (χ2v) is 34.1. The van der Waals surface area contributed by atoms with E-state index in [0.29, 0.717) is 22.3 Å². The van der Waals surface area contributed by atoms with Crippen molar-refractivity contribution in [1.82, 2.24) is 0 Å². The molecule has 2 aliphatic carbocycles. The van der Waals surface area contributed by atoms with Crippen molar-refractivity contribution in [3.63, 3.8) is 0 Å². The van der Waals surface area contributed by atoms with Gasteiger partial charge in [-0.1, -0.05) is 158 Å². The number of benzene rings is 4. The Morgan fingerprint density at radius 1 is 0.418 bits per heavy atom. The summed E-state index contributed by atoms with van der Waals surface area (Å²) in [5.74, 6) is -0.839. The van der Waals surface area contributed by atoms with Crippen molar-refractivity contribution in [1.29, 1.82) is 0 Å². The molecule has 4 aromatic carbocycles. The van der Waals surface area contributed by atoms with Crippen molar-refractivity contribution >= 4 is 49.2 Å². The Morgan fingerprint density at radius 3 is 0.975 bits per heavy atom. The Bertz CT molecular complexity index is 3340. The highest BCUT2D eigenvalue weighted by Crippen LogP contribution is 2.48. The van der Waals surface area contributed by atoms with E-state index in [1.807, 2.05) is 13.8 Å². The quantitative estimate of drug-likeness (QED) is 0.0615. The predicted octanol–water partition coefficient (Wildman–Crippen LogP) is 14.2. The first-order chi connectivity index (χ1) is 36.9. The molecule has 4 aromatic rings. The lowest BCUT2D eigenvalue weighted by molar-refractivity contribution is 0.353. The van der Waals surface area contributed by atoms with Crippen LogP contribution in [-0.2, 0) is 49.2 Å². The van der Waals surface area contributed by atoms with Crippen molar-refractivity contribution < 1.29 is 42.1 Å². The zero-order chi connectivity index (χ0) is 58.2. The summed E-state index contributed by atoms with van der Waals surface area (Å²) in [6.45, 7) is 19.2. The molecular formula is C64H82O10S5. The molecular weight excluding hydrogens is 1090 g/mol. The van der Waals surface area contributed by atoms with Gasteiger partial charge in [0.25, 0.3) is 0 Å². The second kappa shape index (κ2) is 25.9. The lowest BCUT2D eigenvalue weighted by Gasteiger charge is -2.39. The molecule has 428 valence electrons. The maximum atomic E-state index is 14.6. The molecule has 6 rings (SSSR count). The van der Waals surface area contributed by atoms with E-state index >= 15 is 0 Å². The molecule has 79 heavy (non-hydrogen) atoms. The number of hydrogen-bond donors (Lipinski definition) is 0. The molecule has 4 unspecified atom stereocenters. The molecule has 0 heterocycles. The van der Waals surface area contributed by atoms with Gasteiger partial charge in [-0.15, -0.1) is 0 Å². The van der Waals surface area contributed by atoms with Crippen LogP contribution in [0.4, 0.5) is 0 Å². The predicted molar refractivity (Wildman–Crippen MR) is 322 cm³/mol. The summed E-state index contributed by atoms with van der Waals surface area (Å²) in [6, 6.07) is 32.8. The summed E-state index contributed by atoms with van der Waals surface area (Å²) in [6.07, 6.45) is 11.3. The molecule has 0 spiro atoms. The van der Waals surface area contributed by atoms with E-state index in [2.05, 4.69) is 27.7 Å². The fourth-order valence-corrected chi connectivity index (χ4v) is 21.0. The monoisotopic (exact) mass is 1170 g/mol. The van der Waals surface area contributed by atoms with Crippen LogP contribution < -0.4 is 0 Å². The average molecular weight is 1170 g/mol. The first-order valence-electron chi connectivity index (χ1n) is 27.3. The molecule has 0 N–H and O–H groups in total. The molecule has 0 bridgehead atoms. The van der Waals surface area contributed by atoms with Gasteiger partial charge in [-0.05, 0) is 176 Å². The molecule has 10 nitrogen and oxygen atoms in total. The number of rotatable bonds is 24. The van der Waals surface area contributed by atoms with Crippen LogP contribution in [0.1, 0.15) is 133 Å². The van der Waals surface area contributed by atoms with Crippen molar-refractivity contribution in [3.05, 3.63) is 190 Å². The van der Waals surface area contributed by atoms with Gasteiger partial charge in [-0.25, -0.2) is 42.1 Å². The maximum Gasteiger partial charge on any atom is 0.185 e. The first kappa shape index (κ1) is 63.3. The molecule has 0 aromatic heterocycles. The van der Waals surface area contributed by atoms with Gasteiger partial charge in [-0.2, -0.15) is 0 Å². The van der Waals surface area contributed by atoms with Gasteiger partial charge in [0.2, 0.25) is 0 Å². The average Bonchev–Trinajstić information content (AvgIpc) is 3.45. The third-order valence-corrected chi connectivity index (χ3v) is 25.5. The smallest absolute Gasteiger partial charge is 0.185 e. The largest absolute Gasteiger partial charge is 0.228 e. The molecule has 2 aliphatic rings. The molecule has 4 atom stereocenters. The van der Waals surface area contributed by atoms with E-state index in [0.717, 1.165) is 60.8 Å². The Labute approximate surface area is 474 Å². The standard InChI is InChI=1S/C64H82O10S5/c1-47(41-57(76(67,68)53-27-15-11-16-28-53)43-49(3)45-59(61-51(5)25-23-37-63(61,7)8)78(71,72)55-31-19-13-20-32-55)35-39-75(65,66)40-36-48(2)42-58(77(69,70)54-29-17-12-18-30-54)44-50(4)46-60(62-52(6)26-24-38-64(62,9)10)79(73,74)56-33-21-14-22-34-56/h11-22,27-36,43-44,57-60H,23-26,37-42,45-46H2,1-10H3/b47-35+,48-36+,49-43+,50-44+. The van der Waals surface area contributed by atoms with Crippen LogP contribution in [0.3, 0.4) is 0 Å². The van der Waals surface area contributed by atoms with Crippen molar-refractivity contribution in [2.75, 3.05) is 11.5 Å². The minimum atomic E-state index is -4.07. The van der Waals surface area contributed by atoms with Crippen molar-refractivity contribution in [2.45, 2.75) is 174 Å². The Kier molecular flexibility index (Phi) is 20.7. The summed E-state index contributed by atoms with van der Waals surface area (Å²) in [7, 11) is -19.9. The van der Waals surface area contributed by atoms with Gasteiger partial charge in [-0.3, -0.25) is 0 Å². The van der Waals surface area contributed by atoms with E-state index in [9.17, 15) is 42.1 Å². The van der Waals surface area contributed by atoms with Crippen LogP contribution in [0, 0.1) is 10.8 Å². The number of sulfone groups is 5. The Hall–Kier alpha value is -4.93. The second-order valence-electron chi connectivity index (χ2n) is 23.4. The van der Waals surface area contributed by atoms with Crippen LogP contribution in [0.25, 0.3) is 0 Å². The summed E-state index contributed by atoms with van der Waals surface area (Å²) in [4.78, 5) is 0.561. The van der Waals surface area contributed by atoms with Crippen LogP contribution in [0.5, 0.6) is 0 Å². The first-order valence-corrected chi connectivity index (χ1v) is 35.3. The third kappa shape index (κ3) is 15.8. The lowest BCUT2D eigenvalue weighted by Crippen LogP contribution is -2.35. The zero-order valence-corrected chi connectivity index (χ0v) is 51.9. The summed E-state index contributed by atoms with van der Waals surface area (Å²) in [5, 5.41) is -4.19. The van der Waals surface area contributed by atoms with E-state index in [4.69, 9.17) is 0 Å². The number of hydrogen-bond acceptors (Lipinski definition) is 10. The van der Waals surface area contributed by atoms with E-state index in [1.54, 1.807) is 137 Å².